The van der Waals surface area contributed by atoms with Crippen LogP contribution < -0.4 is 26.8 Å². The number of methoxy groups -OCH3 is 2. The summed E-state index contributed by atoms with van der Waals surface area (Å²) in [5.41, 5.74) is 4.36. The summed E-state index contributed by atoms with van der Waals surface area (Å²) in [4.78, 5) is 15.1. The summed E-state index contributed by atoms with van der Waals surface area (Å²) < 4.78 is 11.3. The fourth-order valence-electron chi connectivity index (χ4n) is 3.68. The van der Waals surface area contributed by atoms with Crippen LogP contribution in [0.4, 0.5) is 0 Å². The molecule has 2 aromatic carbocycles. The van der Waals surface area contributed by atoms with Crippen LogP contribution in [0, 0.1) is 0 Å². The van der Waals surface area contributed by atoms with Crippen molar-refractivity contribution in [3.63, 3.8) is 0 Å². The Morgan fingerprint density at radius 1 is 1.03 bits per heavy atom. The number of thioether (sulfide) groups is 1. The first-order valence-corrected chi connectivity index (χ1v) is 10.2. The Kier molecular flexibility index (Phi) is 8.02. The summed E-state index contributed by atoms with van der Waals surface area (Å²) in [7, 11) is 7.60. The van der Waals surface area contributed by atoms with Gasteiger partial charge in [-0.05, 0) is 31.2 Å². The third-order valence-corrected chi connectivity index (χ3v) is 6.45. The van der Waals surface area contributed by atoms with Crippen molar-refractivity contribution >= 4 is 28.9 Å². The number of ether oxygens (including phenoxy) is 2. The second-order valence-electron chi connectivity index (χ2n) is 6.78. The van der Waals surface area contributed by atoms with Crippen LogP contribution in [-0.2, 0) is 4.79 Å². The highest BCUT2D eigenvalue weighted by Crippen LogP contribution is 2.39. The molecule has 5 nitrogen and oxygen atoms in total. The molecule has 0 spiro atoms. The molecule has 1 N–H and O–H groups in total. The number of carbonyl (C=O) groups is 1. The van der Waals surface area contributed by atoms with E-state index in [0.717, 1.165) is 34.0 Å². The van der Waals surface area contributed by atoms with Gasteiger partial charge in [-0.15, -0.1) is 0 Å². The number of nitrogens with one attached hydrogen (secondary N) is 1. The van der Waals surface area contributed by atoms with Crippen LogP contribution in [0.3, 0.4) is 0 Å². The van der Waals surface area contributed by atoms with E-state index < -0.39 is 0 Å². The molecule has 7 heteroatoms. The number of rotatable bonds is 7. The van der Waals surface area contributed by atoms with Crippen molar-refractivity contribution in [2.45, 2.75) is 12.4 Å². The molecule has 2 aromatic rings. The maximum atomic E-state index is 11.6. The molecule has 0 bridgehead atoms. The molecule has 3 rings (SSSR count). The number of Topliss-reactive ketones (excluding diaryl/α,β-unsaturated/α-hetero) is 1. The van der Waals surface area contributed by atoms with Gasteiger partial charge in [-0.2, -0.15) is 0 Å². The minimum absolute atomic E-state index is 0. The Bertz CT molecular complexity index is 840. The van der Waals surface area contributed by atoms with Crippen molar-refractivity contribution in [1.82, 2.24) is 4.90 Å². The monoisotopic (exact) mass is 434 g/mol. The van der Waals surface area contributed by atoms with E-state index in [-0.39, 0.29) is 23.7 Å². The van der Waals surface area contributed by atoms with Gasteiger partial charge in [0.1, 0.15) is 23.0 Å². The van der Waals surface area contributed by atoms with Gasteiger partial charge in [0.2, 0.25) is 5.50 Å². The van der Waals surface area contributed by atoms with E-state index in [2.05, 4.69) is 31.1 Å². The number of carbonyl (C=O) groups excluding carboxylic acids is 1. The molecule has 1 aliphatic heterocycles. The van der Waals surface area contributed by atoms with Gasteiger partial charge in [0, 0.05) is 12.6 Å². The zero-order chi connectivity index (χ0) is 20.3. The number of benzene rings is 2. The van der Waals surface area contributed by atoms with Crippen LogP contribution in [0.5, 0.6) is 11.5 Å². The lowest BCUT2D eigenvalue weighted by molar-refractivity contribution is -0.818. The van der Waals surface area contributed by atoms with Crippen molar-refractivity contribution in [3.05, 3.63) is 59.7 Å². The van der Waals surface area contributed by atoms with Crippen LogP contribution in [-0.4, -0.2) is 50.2 Å². The predicted molar refractivity (Wildman–Crippen MR) is 114 cm³/mol. The highest BCUT2D eigenvalue weighted by atomic mass is 35.5. The number of quaternary nitrogens is 1. The highest BCUT2D eigenvalue weighted by molar-refractivity contribution is 8.00. The van der Waals surface area contributed by atoms with Gasteiger partial charge in [-0.1, -0.05) is 36.0 Å². The van der Waals surface area contributed by atoms with E-state index in [0.29, 0.717) is 5.75 Å². The fourth-order valence-corrected chi connectivity index (χ4v) is 4.77. The van der Waals surface area contributed by atoms with E-state index in [1.807, 2.05) is 36.4 Å². The van der Waals surface area contributed by atoms with E-state index in [1.54, 1.807) is 32.9 Å². The quantitative estimate of drug-likeness (QED) is 0.642. The van der Waals surface area contributed by atoms with Crippen LogP contribution in [0.1, 0.15) is 18.1 Å². The topological polar surface area (TPSA) is 43.2 Å². The first-order valence-electron chi connectivity index (χ1n) is 9.18. The van der Waals surface area contributed by atoms with Crippen LogP contribution in [0.2, 0.25) is 0 Å². The van der Waals surface area contributed by atoms with E-state index >= 15 is 0 Å². The Labute approximate surface area is 183 Å². The molecule has 29 heavy (non-hydrogen) atoms. The van der Waals surface area contributed by atoms with Gasteiger partial charge in [-0.25, -0.2) is 0 Å². The van der Waals surface area contributed by atoms with Gasteiger partial charge in [0.25, 0.3) is 0 Å². The van der Waals surface area contributed by atoms with Crippen molar-refractivity contribution in [1.29, 1.82) is 0 Å². The Hall–Kier alpha value is -2.15. The SMILES string of the molecule is COc1ccccc1C1=C(c2ccccc2OC)[NH+](C)C(SCC(C)=O)N1C.[Cl-]. The van der Waals surface area contributed by atoms with Crippen molar-refractivity contribution in [2.24, 2.45) is 0 Å². The zero-order valence-corrected chi connectivity index (χ0v) is 18.9. The summed E-state index contributed by atoms with van der Waals surface area (Å²) >= 11 is 1.65. The lowest BCUT2D eigenvalue weighted by Gasteiger charge is -2.24. The molecule has 156 valence electrons. The molecule has 0 aromatic heterocycles. The fraction of sp³-hybridized carbons (Fsp3) is 0.318. The number of nitrogens with zero attached hydrogens (tertiary/aromatic N) is 1. The second-order valence-corrected chi connectivity index (χ2v) is 7.85. The molecule has 0 saturated carbocycles. The summed E-state index contributed by atoms with van der Waals surface area (Å²) in [5.74, 6) is 2.30. The summed E-state index contributed by atoms with van der Waals surface area (Å²) in [5, 5.41) is 0. The van der Waals surface area contributed by atoms with E-state index in [9.17, 15) is 4.79 Å². The number of ketones is 1. The van der Waals surface area contributed by atoms with E-state index in [4.69, 9.17) is 9.47 Å². The van der Waals surface area contributed by atoms with Crippen molar-refractivity contribution in [3.8, 4) is 11.5 Å². The molecule has 0 fully saturated rings. The molecular weight excluding hydrogens is 408 g/mol. The average molecular weight is 435 g/mol. The number of hydrogen-bond donors (Lipinski definition) is 1. The number of para-hydroxylation sites is 2. The maximum absolute atomic E-state index is 11.6. The Morgan fingerprint density at radius 3 is 2.10 bits per heavy atom. The molecule has 2 unspecified atom stereocenters. The van der Waals surface area contributed by atoms with Crippen LogP contribution in [0.25, 0.3) is 11.4 Å². The summed E-state index contributed by atoms with van der Waals surface area (Å²) in [6.07, 6.45) is 0. The van der Waals surface area contributed by atoms with Crippen molar-refractivity contribution < 1.29 is 31.6 Å². The van der Waals surface area contributed by atoms with Crippen molar-refractivity contribution in [2.75, 3.05) is 34.1 Å². The van der Waals surface area contributed by atoms with Gasteiger partial charge in [0.15, 0.2) is 5.70 Å². The molecule has 0 saturated heterocycles. The number of halogens is 1. The van der Waals surface area contributed by atoms with Crippen LogP contribution in [0.15, 0.2) is 48.5 Å². The smallest absolute Gasteiger partial charge is 0.216 e. The standard InChI is InChI=1S/C22H26N2O3S.ClH/c1-15(25)14-28-22-23(2)20(16-10-6-8-12-18(16)26-4)21(24(22)3)17-11-7-9-13-19(17)27-5;/h6-13,22H,14H2,1-5H3;1H. The molecule has 1 heterocycles. The Morgan fingerprint density at radius 2 is 1.55 bits per heavy atom. The largest absolute Gasteiger partial charge is 1.00 e. The second kappa shape index (κ2) is 10.1. The van der Waals surface area contributed by atoms with Gasteiger partial charge in [0.05, 0.1) is 32.6 Å². The summed E-state index contributed by atoms with van der Waals surface area (Å²) in [6, 6.07) is 16.1. The van der Waals surface area contributed by atoms with Gasteiger partial charge >= 0.3 is 0 Å². The molecule has 0 radical (unpaired) electrons. The van der Waals surface area contributed by atoms with Gasteiger partial charge in [-0.3, -0.25) is 9.69 Å². The van der Waals surface area contributed by atoms with E-state index in [1.165, 1.54) is 4.90 Å². The van der Waals surface area contributed by atoms with Gasteiger partial charge < -0.3 is 26.8 Å². The first-order chi connectivity index (χ1) is 13.5. The average Bonchev–Trinajstić information content (AvgIpc) is 2.95. The normalized spacial score (nSPS) is 18.4. The molecular formula is C22H27ClN2O3S. The highest BCUT2D eigenvalue weighted by Gasteiger charge is 2.42. The van der Waals surface area contributed by atoms with Crippen LogP contribution >= 0.6 is 11.8 Å². The number of hydrogen-bond acceptors (Lipinski definition) is 5. The predicted octanol–water partition coefficient (Wildman–Crippen LogP) is -0.400. The minimum atomic E-state index is 0. The summed E-state index contributed by atoms with van der Waals surface area (Å²) in [6.45, 7) is 1.63. The maximum Gasteiger partial charge on any atom is 0.216 e. The minimum Gasteiger partial charge on any atom is -1.00 e. The third-order valence-electron chi connectivity index (χ3n) is 4.89. The lowest BCUT2D eigenvalue weighted by atomic mass is 10.0. The lowest BCUT2D eigenvalue weighted by Crippen LogP contribution is -3.09. The third kappa shape index (κ3) is 4.55. The molecule has 0 aliphatic carbocycles. The molecule has 1 aliphatic rings. The molecule has 2 atom stereocenters. The zero-order valence-electron chi connectivity index (χ0n) is 17.4. The Balaban J connectivity index is 0.00000300. The molecule has 0 amide bonds. The first kappa shape index (κ1) is 23.1.